The molecule has 3 rings (SSSR count). The van der Waals surface area contributed by atoms with Crippen LogP contribution in [0.25, 0.3) is 11.1 Å². The molecule has 1 atom stereocenters. The molecule has 0 aliphatic carbocycles. The first-order valence-electron chi connectivity index (χ1n) is 11.0. The second-order valence-electron chi connectivity index (χ2n) is 8.10. The van der Waals surface area contributed by atoms with Gasteiger partial charge in [0.25, 0.3) is 0 Å². The smallest absolute Gasteiger partial charge is 0.410 e. The van der Waals surface area contributed by atoms with Crippen LogP contribution < -0.4 is 15.4 Å². The van der Waals surface area contributed by atoms with Gasteiger partial charge in [-0.3, -0.25) is 0 Å². The molecule has 33 heavy (non-hydrogen) atoms. The van der Waals surface area contributed by atoms with Crippen molar-refractivity contribution in [1.82, 2.24) is 10.6 Å². The van der Waals surface area contributed by atoms with Crippen LogP contribution in [-0.4, -0.2) is 25.2 Å². The average molecular weight is 462 g/mol. The van der Waals surface area contributed by atoms with E-state index in [1.54, 1.807) is 24.3 Å². The van der Waals surface area contributed by atoms with Crippen molar-refractivity contribution in [3.63, 3.8) is 0 Å². The van der Waals surface area contributed by atoms with Crippen molar-refractivity contribution in [2.45, 2.75) is 32.2 Å². The van der Waals surface area contributed by atoms with Crippen LogP contribution in [0.15, 0.2) is 72.8 Å². The SMILES string of the molecule is CC(C)NCCC(CNC(=O)Oc1ccc(Cl)cc1)c1ccc(-c2ccccc2)c(C#N)c1. The number of carbonyl (C=O) groups excluding carboxylic acids is 1. The zero-order valence-electron chi connectivity index (χ0n) is 18.8. The van der Waals surface area contributed by atoms with E-state index in [2.05, 4.69) is 30.6 Å². The Kier molecular flexibility index (Phi) is 8.88. The molecule has 6 heteroatoms. The number of nitrogens with zero attached hydrogens (tertiary/aromatic N) is 1. The summed E-state index contributed by atoms with van der Waals surface area (Å²) in [6.45, 7) is 5.37. The Hall–Kier alpha value is -3.33. The summed E-state index contributed by atoms with van der Waals surface area (Å²) < 4.78 is 5.34. The molecule has 0 aliphatic heterocycles. The Morgan fingerprint density at radius 1 is 1.06 bits per heavy atom. The number of carbonyl (C=O) groups is 1. The van der Waals surface area contributed by atoms with Gasteiger partial charge in [0.1, 0.15) is 5.75 Å². The summed E-state index contributed by atoms with van der Waals surface area (Å²) in [6.07, 6.45) is 0.273. The number of hydrogen-bond donors (Lipinski definition) is 2. The Morgan fingerprint density at radius 3 is 2.45 bits per heavy atom. The summed E-state index contributed by atoms with van der Waals surface area (Å²) >= 11 is 5.88. The van der Waals surface area contributed by atoms with Crippen molar-refractivity contribution in [3.8, 4) is 22.9 Å². The number of nitrogens with one attached hydrogen (secondary N) is 2. The fourth-order valence-electron chi connectivity index (χ4n) is 3.56. The molecule has 5 nitrogen and oxygen atoms in total. The second kappa shape index (κ2) is 12.1. The van der Waals surface area contributed by atoms with Crippen molar-refractivity contribution in [3.05, 3.63) is 88.9 Å². The number of amides is 1. The average Bonchev–Trinajstić information content (AvgIpc) is 2.82. The zero-order chi connectivity index (χ0) is 23.6. The molecule has 170 valence electrons. The molecule has 0 fully saturated rings. The molecule has 3 aromatic rings. The number of ether oxygens (including phenoxy) is 1. The molecule has 2 N–H and O–H groups in total. The minimum atomic E-state index is -0.527. The summed E-state index contributed by atoms with van der Waals surface area (Å²) in [5.74, 6) is 0.444. The minimum absolute atomic E-state index is 0.0194. The highest BCUT2D eigenvalue weighted by Crippen LogP contribution is 2.28. The molecule has 0 saturated heterocycles. The van der Waals surface area contributed by atoms with E-state index in [9.17, 15) is 10.1 Å². The van der Waals surface area contributed by atoms with Crippen LogP contribution in [0.1, 0.15) is 37.3 Å². The van der Waals surface area contributed by atoms with E-state index in [-0.39, 0.29) is 5.92 Å². The second-order valence-corrected chi connectivity index (χ2v) is 8.54. The lowest BCUT2D eigenvalue weighted by Gasteiger charge is -2.20. The molecular formula is C27H28ClN3O2. The largest absolute Gasteiger partial charge is 0.412 e. The van der Waals surface area contributed by atoms with Gasteiger partial charge in [0.05, 0.1) is 11.6 Å². The zero-order valence-corrected chi connectivity index (χ0v) is 19.6. The van der Waals surface area contributed by atoms with Crippen LogP contribution in [-0.2, 0) is 0 Å². The first kappa shape index (κ1) is 24.3. The molecule has 0 saturated carbocycles. The lowest BCUT2D eigenvalue weighted by atomic mass is 9.90. The van der Waals surface area contributed by atoms with Crippen molar-refractivity contribution >= 4 is 17.7 Å². The van der Waals surface area contributed by atoms with Gasteiger partial charge in [-0.1, -0.05) is 67.9 Å². The van der Waals surface area contributed by atoms with Crippen molar-refractivity contribution in [1.29, 1.82) is 5.26 Å². The van der Waals surface area contributed by atoms with Gasteiger partial charge >= 0.3 is 6.09 Å². The quantitative estimate of drug-likeness (QED) is 0.401. The van der Waals surface area contributed by atoms with E-state index in [1.807, 2.05) is 48.5 Å². The molecule has 0 radical (unpaired) electrons. The maximum Gasteiger partial charge on any atom is 0.412 e. The number of benzene rings is 3. The van der Waals surface area contributed by atoms with Gasteiger partial charge in [-0.2, -0.15) is 5.26 Å². The van der Waals surface area contributed by atoms with Crippen LogP contribution in [0, 0.1) is 11.3 Å². The van der Waals surface area contributed by atoms with Gasteiger partial charge in [0, 0.05) is 23.5 Å². The van der Waals surface area contributed by atoms with Crippen LogP contribution in [0.4, 0.5) is 4.79 Å². The van der Waals surface area contributed by atoms with Crippen molar-refractivity contribution in [2.24, 2.45) is 0 Å². The molecule has 0 aliphatic rings. The highest BCUT2D eigenvalue weighted by atomic mass is 35.5. The minimum Gasteiger partial charge on any atom is -0.410 e. The van der Waals surface area contributed by atoms with Gasteiger partial charge in [0.2, 0.25) is 0 Å². The van der Waals surface area contributed by atoms with Gasteiger partial charge < -0.3 is 15.4 Å². The van der Waals surface area contributed by atoms with Crippen LogP contribution in [0.2, 0.25) is 5.02 Å². The standard InChI is InChI=1S/C27H28ClN3O2/c1-19(2)30-15-14-22(18-31-27(32)33-25-11-9-24(28)10-12-25)21-8-13-26(23(16-21)17-29)20-6-4-3-5-7-20/h3-13,16,19,22,30H,14-15,18H2,1-2H3,(H,31,32). The topological polar surface area (TPSA) is 74.2 Å². The Morgan fingerprint density at radius 2 is 1.79 bits per heavy atom. The first-order chi connectivity index (χ1) is 16.0. The molecule has 1 unspecified atom stereocenters. The molecule has 3 aromatic carbocycles. The summed E-state index contributed by atoms with van der Waals surface area (Å²) in [5, 5.41) is 16.6. The summed E-state index contributed by atoms with van der Waals surface area (Å²) in [5.41, 5.74) is 3.52. The third kappa shape index (κ3) is 7.35. The number of hydrogen-bond acceptors (Lipinski definition) is 4. The van der Waals surface area contributed by atoms with Crippen LogP contribution in [0.5, 0.6) is 5.75 Å². The molecule has 0 aromatic heterocycles. The number of rotatable bonds is 9. The lowest BCUT2D eigenvalue weighted by Crippen LogP contribution is -2.33. The summed E-state index contributed by atoms with van der Waals surface area (Å²) in [7, 11) is 0. The van der Waals surface area contributed by atoms with Crippen molar-refractivity contribution < 1.29 is 9.53 Å². The normalized spacial score (nSPS) is 11.6. The highest BCUT2D eigenvalue weighted by Gasteiger charge is 2.17. The molecule has 0 heterocycles. The van der Waals surface area contributed by atoms with E-state index in [0.29, 0.717) is 28.9 Å². The van der Waals surface area contributed by atoms with Gasteiger partial charge in [-0.15, -0.1) is 0 Å². The third-order valence-corrected chi connectivity index (χ3v) is 5.53. The van der Waals surface area contributed by atoms with Gasteiger partial charge in [-0.05, 0) is 60.0 Å². The van der Waals surface area contributed by atoms with E-state index in [1.165, 1.54) is 0 Å². The Bertz CT molecular complexity index is 1090. The van der Waals surface area contributed by atoms with Crippen LogP contribution in [0.3, 0.4) is 0 Å². The molecular weight excluding hydrogens is 434 g/mol. The van der Waals surface area contributed by atoms with Crippen molar-refractivity contribution in [2.75, 3.05) is 13.1 Å². The monoisotopic (exact) mass is 461 g/mol. The Labute approximate surface area is 200 Å². The van der Waals surface area contributed by atoms with E-state index in [0.717, 1.165) is 29.7 Å². The van der Waals surface area contributed by atoms with E-state index in [4.69, 9.17) is 16.3 Å². The maximum atomic E-state index is 12.3. The fraction of sp³-hybridized carbons (Fsp3) is 0.259. The van der Waals surface area contributed by atoms with Crippen LogP contribution >= 0.6 is 11.6 Å². The van der Waals surface area contributed by atoms with E-state index < -0.39 is 6.09 Å². The Balaban J connectivity index is 1.74. The first-order valence-corrected chi connectivity index (χ1v) is 11.4. The predicted molar refractivity (Wildman–Crippen MR) is 133 cm³/mol. The predicted octanol–water partition coefficient (Wildman–Crippen LogP) is 6.14. The summed E-state index contributed by atoms with van der Waals surface area (Å²) in [4.78, 5) is 12.3. The van der Waals surface area contributed by atoms with Gasteiger partial charge in [-0.25, -0.2) is 4.79 Å². The molecule has 0 spiro atoms. The lowest BCUT2D eigenvalue weighted by molar-refractivity contribution is 0.199. The highest BCUT2D eigenvalue weighted by molar-refractivity contribution is 6.30. The maximum absolute atomic E-state index is 12.3. The van der Waals surface area contributed by atoms with Gasteiger partial charge in [0.15, 0.2) is 0 Å². The number of nitriles is 1. The molecule has 1 amide bonds. The van der Waals surface area contributed by atoms with E-state index >= 15 is 0 Å². The molecule has 0 bridgehead atoms. The third-order valence-electron chi connectivity index (χ3n) is 5.28. The fourth-order valence-corrected chi connectivity index (χ4v) is 3.69. The number of halogens is 1. The summed E-state index contributed by atoms with van der Waals surface area (Å²) in [6, 6.07) is 25.1.